The summed E-state index contributed by atoms with van der Waals surface area (Å²) in [4.78, 5) is -0.118. The Morgan fingerprint density at radius 1 is 1.00 bits per heavy atom. The molecule has 2 rings (SSSR count). The summed E-state index contributed by atoms with van der Waals surface area (Å²) in [6.45, 7) is 6.30. The molecule has 9 heteroatoms. The highest BCUT2D eigenvalue weighted by Crippen LogP contribution is 2.32. The third-order valence-electron chi connectivity index (χ3n) is 4.82. The average Bonchev–Trinajstić information content (AvgIpc) is 2.66. The van der Waals surface area contributed by atoms with Gasteiger partial charge in [0.1, 0.15) is 5.82 Å². The summed E-state index contributed by atoms with van der Waals surface area (Å²) in [5.74, 6) is -0.434. The highest BCUT2D eigenvalue weighted by atomic mass is 32.1. The van der Waals surface area contributed by atoms with Crippen LogP contribution in [0, 0.1) is 12.7 Å². The van der Waals surface area contributed by atoms with Crippen molar-refractivity contribution in [3.63, 3.8) is 0 Å². The summed E-state index contributed by atoms with van der Waals surface area (Å²) in [5.41, 5.74) is -0.649. The van der Waals surface area contributed by atoms with Crippen LogP contribution in [0.15, 0.2) is 65.9 Å². The molecule has 0 fully saturated rings. The molecule has 0 saturated carbocycles. The minimum absolute atomic E-state index is 0.0829. The van der Waals surface area contributed by atoms with E-state index in [-0.39, 0.29) is 29.1 Å². The average molecular weight is 475 g/mol. The molecule has 32 heavy (non-hydrogen) atoms. The number of halogens is 7. The minimum atomic E-state index is -4.68. The molecule has 2 aromatic carbocycles. The van der Waals surface area contributed by atoms with Crippen molar-refractivity contribution >= 4 is 17.1 Å². The standard InChI is InChI=1S/C23H20F7NS/c1-13-10-19(24)9-6-17(13)12-31-15(3)21(14(2)22(25,26)27)20(32)11-16-4-7-18(8-5-16)23(28,29)30/h4-10,31H,3,11-12H2,1-2H3/b21-14+. The molecular formula is C23H20F7NS. The van der Waals surface area contributed by atoms with E-state index in [0.717, 1.165) is 19.1 Å². The molecular weight excluding hydrogens is 455 g/mol. The third-order valence-corrected chi connectivity index (χ3v) is 5.17. The van der Waals surface area contributed by atoms with E-state index in [1.807, 2.05) is 0 Å². The molecule has 172 valence electrons. The maximum absolute atomic E-state index is 13.5. The van der Waals surface area contributed by atoms with Crippen molar-refractivity contribution in [1.29, 1.82) is 0 Å². The van der Waals surface area contributed by atoms with E-state index in [9.17, 15) is 30.7 Å². The van der Waals surface area contributed by atoms with Crippen LogP contribution in [0.1, 0.15) is 29.2 Å². The quantitative estimate of drug-likeness (QED) is 0.196. The monoisotopic (exact) mass is 475 g/mol. The van der Waals surface area contributed by atoms with Gasteiger partial charge in [0, 0.05) is 34.7 Å². The number of aryl methyl sites for hydroxylation is 1. The van der Waals surface area contributed by atoms with Gasteiger partial charge in [-0.1, -0.05) is 37.0 Å². The lowest BCUT2D eigenvalue weighted by Crippen LogP contribution is -2.24. The van der Waals surface area contributed by atoms with E-state index in [1.54, 1.807) is 6.92 Å². The summed E-state index contributed by atoms with van der Waals surface area (Å²) in [5, 5.41) is 2.80. The van der Waals surface area contributed by atoms with E-state index >= 15 is 0 Å². The SMILES string of the molecule is C=C(NCc1ccc(F)cc1C)/C(C(=S)Cc1ccc(C(F)(F)F)cc1)=C(/C)C(F)(F)F. The van der Waals surface area contributed by atoms with Gasteiger partial charge in [0.25, 0.3) is 0 Å². The molecule has 0 amide bonds. The van der Waals surface area contributed by atoms with Gasteiger partial charge in [0.15, 0.2) is 0 Å². The first-order valence-corrected chi connectivity index (χ1v) is 9.76. The number of hydrogen-bond acceptors (Lipinski definition) is 2. The third kappa shape index (κ3) is 6.66. The molecule has 1 N–H and O–H groups in total. The Morgan fingerprint density at radius 2 is 1.59 bits per heavy atom. The van der Waals surface area contributed by atoms with Crippen LogP contribution < -0.4 is 5.32 Å². The van der Waals surface area contributed by atoms with Gasteiger partial charge in [0.2, 0.25) is 0 Å². The largest absolute Gasteiger partial charge is 0.416 e. The molecule has 0 radical (unpaired) electrons. The summed E-state index contributed by atoms with van der Waals surface area (Å²) in [6.07, 6.45) is -9.38. The highest BCUT2D eigenvalue weighted by Gasteiger charge is 2.35. The van der Waals surface area contributed by atoms with Gasteiger partial charge in [0.05, 0.1) is 5.56 Å². The van der Waals surface area contributed by atoms with Gasteiger partial charge in [-0.05, 0) is 54.8 Å². The summed E-state index contributed by atoms with van der Waals surface area (Å²) in [6, 6.07) is 8.09. The van der Waals surface area contributed by atoms with Crippen LogP contribution in [0.4, 0.5) is 30.7 Å². The molecule has 0 aliphatic carbocycles. The van der Waals surface area contributed by atoms with Crippen LogP contribution in [0.3, 0.4) is 0 Å². The van der Waals surface area contributed by atoms with Gasteiger partial charge in [-0.2, -0.15) is 26.3 Å². The number of rotatable bonds is 7. The van der Waals surface area contributed by atoms with Gasteiger partial charge in [-0.3, -0.25) is 0 Å². The lowest BCUT2D eigenvalue weighted by Gasteiger charge is -2.20. The fourth-order valence-electron chi connectivity index (χ4n) is 2.98. The molecule has 0 aromatic heterocycles. The van der Waals surface area contributed by atoms with Crippen molar-refractivity contribution in [2.45, 2.75) is 39.2 Å². The molecule has 0 atom stereocenters. The molecule has 0 unspecified atom stereocenters. The number of benzene rings is 2. The first-order valence-electron chi connectivity index (χ1n) is 9.35. The molecule has 0 heterocycles. The van der Waals surface area contributed by atoms with E-state index in [0.29, 0.717) is 16.7 Å². The second-order valence-corrected chi connectivity index (χ2v) is 7.69. The van der Waals surface area contributed by atoms with Gasteiger partial charge in [-0.15, -0.1) is 0 Å². The molecule has 0 spiro atoms. The van der Waals surface area contributed by atoms with Crippen molar-refractivity contribution in [1.82, 2.24) is 5.32 Å². The van der Waals surface area contributed by atoms with E-state index in [2.05, 4.69) is 11.9 Å². The predicted octanol–water partition coefficient (Wildman–Crippen LogP) is 7.25. The Hall–Kier alpha value is -2.68. The molecule has 2 aromatic rings. The van der Waals surface area contributed by atoms with Crippen molar-refractivity contribution in [2.24, 2.45) is 0 Å². The topological polar surface area (TPSA) is 12.0 Å². The van der Waals surface area contributed by atoms with Crippen LogP contribution in [0.5, 0.6) is 0 Å². The van der Waals surface area contributed by atoms with Gasteiger partial charge in [-0.25, -0.2) is 4.39 Å². The Balaban J connectivity index is 2.26. The summed E-state index contributed by atoms with van der Waals surface area (Å²) in [7, 11) is 0. The van der Waals surface area contributed by atoms with Crippen LogP contribution in [0.2, 0.25) is 0 Å². The Morgan fingerprint density at radius 3 is 2.09 bits per heavy atom. The second kappa shape index (κ2) is 9.85. The molecule has 0 saturated heterocycles. The second-order valence-electron chi connectivity index (χ2n) is 7.20. The lowest BCUT2D eigenvalue weighted by atomic mass is 9.97. The maximum Gasteiger partial charge on any atom is 0.416 e. The smallest absolute Gasteiger partial charge is 0.381 e. The Kier molecular flexibility index (Phi) is 7.88. The Labute approximate surface area is 186 Å². The highest BCUT2D eigenvalue weighted by molar-refractivity contribution is 7.80. The number of allylic oxidation sites excluding steroid dienone is 2. The molecule has 0 aliphatic heterocycles. The van der Waals surface area contributed by atoms with Crippen LogP contribution in [-0.2, 0) is 19.1 Å². The van der Waals surface area contributed by atoms with E-state index in [1.165, 1.54) is 30.3 Å². The zero-order chi connectivity index (χ0) is 24.3. The van der Waals surface area contributed by atoms with E-state index in [4.69, 9.17) is 12.2 Å². The zero-order valence-corrected chi connectivity index (χ0v) is 18.0. The fraction of sp³-hybridized carbons (Fsp3) is 0.261. The van der Waals surface area contributed by atoms with Crippen molar-refractivity contribution in [3.05, 3.63) is 94.0 Å². The van der Waals surface area contributed by atoms with E-state index < -0.39 is 29.3 Å². The number of hydrogen-bond donors (Lipinski definition) is 1. The Bertz CT molecular complexity index is 1030. The van der Waals surface area contributed by atoms with Crippen LogP contribution >= 0.6 is 12.2 Å². The molecule has 0 bridgehead atoms. The van der Waals surface area contributed by atoms with Gasteiger partial charge < -0.3 is 5.32 Å². The van der Waals surface area contributed by atoms with Gasteiger partial charge >= 0.3 is 12.4 Å². The minimum Gasteiger partial charge on any atom is -0.381 e. The maximum atomic E-state index is 13.5. The van der Waals surface area contributed by atoms with Crippen LogP contribution in [-0.4, -0.2) is 11.0 Å². The summed E-state index contributed by atoms with van der Waals surface area (Å²) < 4.78 is 91.8. The fourth-order valence-corrected chi connectivity index (χ4v) is 3.42. The van der Waals surface area contributed by atoms with Crippen molar-refractivity contribution in [3.8, 4) is 0 Å². The first-order chi connectivity index (χ1) is 14.7. The van der Waals surface area contributed by atoms with Crippen molar-refractivity contribution < 1.29 is 30.7 Å². The molecule has 0 aliphatic rings. The number of thiocarbonyl (C=S) groups is 1. The zero-order valence-electron chi connectivity index (χ0n) is 17.2. The normalized spacial score (nSPS) is 12.9. The lowest BCUT2D eigenvalue weighted by molar-refractivity contribution is -0.137. The number of alkyl halides is 6. The predicted molar refractivity (Wildman–Crippen MR) is 114 cm³/mol. The number of nitrogens with one attached hydrogen (secondary N) is 1. The van der Waals surface area contributed by atoms with Crippen LogP contribution in [0.25, 0.3) is 0 Å². The molecule has 1 nitrogen and oxygen atoms in total. The first kappa shape index (κ1) is 25.6. The van der Waals surface area contributed by atoms with Crippen molar-refractivity contribution in [2.75, 3.05) is 0 Å². The summed E-state index contributed by atoms with van der Waals surface area (Å²) >= 11 is 5.23.